The number of hydrogen-bond donors (Lipinski definition) is 2. The second kappa shape index (κ2) is 7.02. The average molecular weight is 385 g/mol. The van der Waals surface area contributed by atoms with Crippen molar-refractivity contribution >= 4 is 44.8 Å². The van der Waals surface area contributed by atoms with Gasteiger partial charge >= 0.3 is 0 Å². The Bertz CT molecular complexity index is 717. The van der Waals surface area contributed by atoms with Gasteiger partial charge in [-0.3, -0.25) is 9.59 Å². The summed E-state index contributed by atoms with van der Waals surface area (Å²) < 4.78 is 14.3. The van der Waals surface area contributed by atoms with Gasteiger partial charge in [0.05, 0.1) is 8.66 Å². The normalized spacial score (nSPS) is 11.8. The molecule has 0 fully saturated rings. The quantitative estimate of drug-likeness (QED) is 0.843. The number of nitrogens with one attached hydrogen (secondary N) is 2. The molecule has 0 unspecified atom stereocenters. The van der Waals surface area contributed by atoms with Crippen molar-refractivity contribution in [3.05, 3.63) is 50.4 Å². The lowest BCUT2D eigenvalue weighted by Crippen LogP contribution is -2.41. The standard InChI is InChI=1S/C15H14BrFN2O2S/c1-8-3-4-10(7-11(8)17)19-14(20)9(2)18-15(21)12-5-6-13(16)22-12/h3-7,9H,1-2H3,(H,18,21)(H,19,20)/t9-/m0/s1. The molecular weight excluding hydrogens is 371 g/mol. The number of carbonyl (C=O) groups excluding carboxylic acids is 2. The predicted octanol–water partition coefficient (Wildman–Crippen LogP) is 3.72. The zero-order valence-corrected chi connectivity index (χ0v) is 14.3. The minimum Gasteiger partial charge on any atom is -0.340 e. The smallest absolute Gasteiger partial charge is 0.262 e. The van der Waals surface area contributed by atoms with Gasteiger partial charge in [0.15, 0.2) is 0 Å². The van der Waals surface area contributed by atoms with E-state index >= 15 is 0 Å². The highest BCUT2D eigenvalue weighted by Crippen LogP contribution is 2.22. The summed E-state index contributed by atoms with van der Waals surface area (Å²) in [5, 5.41) is 5.17. The highest BCUT2D eigenvalue weighted by Gasteiger charge is 2.18. The number of aryl methyl sites for hydroxylation is 1. The number of hydrogen-bond acceptors (Lipinski definition) is 3. The third-order valence-corrected chi connectivity index (χ3v) is 4.60. The van der Waals surface area contributed by atoms with Crippen LogP contribution in [0.4, 0.5) is 10.1 Å². The Balaban J connectivity index is 1.97. The fourth-order valence-corrected chi connectivity index (χ4v) is 2.98. The molecule has 0 spiro atoms. The molecule has 0 aliphatic heterocycles. The van der Waals surface area contributed by atoms with Gasteiger partial charge in [-0.15, -0.1) is 11.3 Å². The third kappa shape index (κ3) is 4.14. The molecule has 2 rings (SSSR count). The highest BCUT2D eigenvalue weighted by molar-refractivity contribution is 9.11. The molecule has 1 aromatic heterocycles. The van der Waals surface area contributed by atoms with Crippen molar-refractivity contribution in [2.75, 3.05) is 5.32 Å². The van der Waals surface area contributed by atoms with E-state index in [-0.39, 0.29) is 5.91 Å². The average Bonchev–Trinajstić information content (AvgIpc) is 2.89. The van der Waals surface area contributed by atoms with Crippen LogP contribution in [0, 0.1) is 12.7 Å². The minimum atomic E-state index is -0.738. The van der Waals surface area contributed by atoms with Gasteiger partial charge in [0.25, 0.3) is 5.91 Å². The molecule has 0 saturated carbocycles. The molecule has 1 heterocycles. The SMILES string of the molecule is Cc1ccc(NC(=O)[C@H](C)NC(=O)c2ccc(Br)s2)cc1F. The lowest BCUT2D eigenvalue weighted by Gasteiger charge is -2.14. The van der Waals surface area contributed by atoms with Crippen molar-refractivity contribution in [2.45, 2.75) is 19.9 Å². The van der Waals surface area contributed by atoms with Crippen LogP contribution in [0.25, 0.3) is 0 Å². The molecule has 1 aromatic carbocycles. The summed E-state index contributed by atoms with van der Waals surface area (Å²) in [6.07, 6.45) is 0. The fourth-order valence-electron chi connectivity index (χ4n) is 1.69. The lowest BCUT2D eigenvalue weighted by molar-refractivity contribution is -0.117. The van der Waals surface area contributed by atoms with E-state index < -0.39 is 17.8 Å². The Morgan fingerprint density at radius 2 is 2.00 bits per heavy atom. The van der Waals surface area contributed by atoms with Gasteiger partial charge < -0.3 is 10.6 Å². The lowest BCUT2D eigenvalue weighted by atomic mass is 10.2. The van der Waals surface area contributed by atoms with E-state index in [0.717, 1.165) is 3.79 Å². The molecule has 0 radical (unpaired) electrons. The number of benzene rings is 1. The Hall–Kier alpha value is -1.73. The first kappa shape index (κ1) is 16.6. The summed E-state index contributed by atoms with van der Waals surface area (Å²) in [4.78, 5) is 24.5. The largest absolute Gasteiger partial charge is 0.340 e. The van der Waals surface area contributed by atoms with Crippen LogP contribution in [-0.2, 0) is 4.79 Å². The van der Waals surface area contributed by atoms with E-state index in [9.17, 15) is 14.0 Å². The number of carbonyl (C=O) groups is 2. The highest BCUT2D eigenvalue weighted by atomic mass is 79.9. The van der Waals surface area contributed by atoms with Gasteiger partial charge in [0.1, 0.15) is 11.9 Å². The molecule has 116 valence electrons. The van der Waals surface area contributed by atoms with E-state index in [1.54, 1.807) is 38.1 Å². The molecule has 0 aliphatic carbocycles. The Kier molecular flexibility index (Phi) is 5.31. The third-order valence-electron chi connectivity index (χ3n) is 2.98. The zero-order chi connectivity index (χ0) is 16.3. The van der Waals surface area contributed by atoms with E-state index in [4.69, 9.17) is 0 Å². The monoisotopic (exact) mass is 384 g/mol. The maximum Gasteiger partial charge on any atom is 0.262 e. The van der Waals surface area contributed by atoms with Gasteiger partial charge in [-0.25, -0.2) is 4.39 Å². The molecule has 0 saturated heterocycles. The van der Waals surface area contributed by atoms with E-state index in [1.165, 1.54) is 17.4 Å². The maximum atomic E-state index is 13.4. The molecule has 2 N–H and O–H groups in total. The second-order valence-electron chi connectivity index (χ2n) is 4.75. The summed E-state index contributed by atoms with van der Waals surface area (Å²) in [6, 6.07) is 7.14. The number of amides is 2. The topological polar surface area (TPSA) is 58.2 Å². The molecule has 7 heteroatoms. The van der Waals surface area contributed by atoms with Crippen molar-refractivity contribution in [3.8, 4) is 0 Å². The van der Waals surface area contributed by atoms with Crippen molar-refractivity contribution in [1.82, 2.24) is 5.32 Å². The molecule has 0 bridgehead atoms. The molecule has 2 aromatic rings. The number of thiophene rings is 1. The molecular formula is C15H14BrFN2O2S. The van der Waals surface area contributed by atoms with Crippen molar-refractivity contribution in [2.24, 2.45) is 0 Å². The summed E-state index contributed by atoms with van der Waals surface area (Å²) in [5.41, 5.74) is 0.857. The Morgan fingerprint density at radius 1 is 1.27 bits per heavy atom. The minimum absolute atomic E-state index is 0.326. The number of rotatable bonds is 4. The summed E-state index contributed by atoms with van der Waals surface area (Å²) >= 11 is 4.56. The first-order valence-corrected chi connectivity index (χ1v) is 8.11. The van der Waals surface area contributed by atoms with Gasteiger partial charge in [-0.2, -0.15) is 0 Å². The van der Waals surface area contributed by atoms with E-state index in [2.05, 4.69) is 26.6 Å². The van der Waals surface area contributed by atoms with Crippen LogP contribution in [0.5, 0.6) is 0 Å². The van der Waals surface area contributed by atoms with Gasteiger partial charge in [0, 0.05) is 5.69 Å². The van der Waals surface area contributed by atoms with Crippen molar-refractivity contribution < 1.29 is 14.0 Å². The van der Waals surface area contributed by atoms with E-state index in [0.29, 0.717) is 16.1 Å². The zero-order valence-electron chi connectivity index (χ0n) is 11.9. The van der Waals surface area contributed by atoms with Crippen LogP contribution in [0.3, 0.4) is 0 Å². The predicted molar refractivity (Wildman–Crippen MR) is 88.7 cm³/mol. The number of halogens is 2. The molecule has 2 amide bonds. The maximum absolute atomic E-state index is 13.4. The van der Waals surface area contributed by atoms with Crippen LogP contribution in [0.15, 0.2) is 34.1 Å². The Labute approximate surface area is 139 Å². The first-order chi connectivity index (χ1) is 10.4. The van der Waals surface area contributed by atoms with Crippen molar-refractivity contribution in [1.29, 1.82) is 0 Å². The Morgan fingerprint density at radius 3 is 2.59 bits per heavy atom. The van der Waals surface area contributed by atoms with Crippen LogP contribution >= 0.6 is 27.3 Å². The second-order valence-corrected chi connectivity index (χ2v) is 7.22. The molecule has 4 nitrogen and oxygen atoms in total. The fraction of sp³-hybridized carbons (Fsp3) is 0.200. The molecule has 1 atom stereocenters. The van der Waals surface area contributed by atoms with Gasteiger partial charge in [-0.05, 0) is 59.6 Å². The van der Waals surface area contributed by atoms with Crippen LogP contribution in [0.2, 0.25) is 0 Å². The molecule has 22 heavy (non-hydrogen) atoms. The van der Waals surface area contributed by atoms with Crippen LogP contribution < -0.4 is 10.6 Å². The van der Waals surface area contributed by atoms with Gasteiger partial charge in [-0.1, -0.05) is 6.07 Å². The summed E-state index contributed by atoms with van der Waals surface area (Å²) in [6.45, 7) is 3.21. The summed E-state index contributed by atoms with van der Waals surface area (Å²) in [7, 11) is 0. The summed E-state index contributed by atoms with van der Waals surface area (Å²) in [5.74, 6) is -1.13. The molecule has 0 aliphatic rings. The van der Waals surface area contributed by atoms with Gasteiger partial charge in [0.2, 0.25) is 5.91 Å². The first-order valence-electron chi connectivity index (χ1n) is 6.50. The van der Waals surface area contributed by atoms with E-state index in [1.807, 2.05) is 0 Å². The van der Waals surface area contributed by atoms with Crippen LogP contribution in [0.1, 0.15) is 22.2 Å². The van der Waals surface area contributed by atoms with Crippen LogP contribution in [-0.4, -0.2) is 17.9 Å². The van der Waals surface area contributed by atoms with Crippen molar-refractivity contribution in [3.63, 3.8) is 0 Å². The number of anilines is 1.